The first kappa shape index (κ1) is 11.1. The molecule has 0 aliphatic rings. The minimum Gasteiger partial charge on any atom is -0.464 e. The van der Waals surface area contributed by atoms with E-state index in [9.17, 15) is 4.79 Å². The van der Waals surface area contributed by atoms with Crippen LogP contribution in [0, 0.1) is 0 Å². The van der Waals surface area contributed by atoms with Crippen LogP contribution in [0.4, 0.5) is 5.82 Å². The number of hydrogen-bond donors (Lipinski definition) is 3. The molecule has 0 aromatic carbocycles. The highest BCUT2D eigenvalue weighted by molar-refractivity contribution is 7.80. The second kappa shape index (κ2) is 5.05. The number of nitrogens with two attached hydrogens (primary N) is 1. The molecule has 0 saturated carbocycles. The van der Waals surface area contributed by atoms with Crippen molar-refractivity contribution in [2.24, 2.45) is 5.73 Å². The van der Waals surface area contributed by atoms with Crippen molar-refractivity contribution in [3.63, 3.8) is 0 Å². The number of esters is 1. The largest absolute Gasteiger partial charge is 0.464 e. The number of hydrazine groups is 1. The molecule has 7 nitrogen and oxygen atoms in total. The number of anilines is 1. The fourth-order valence-electron chi connectivity index (χ4n) is 0.768. The summed E-state index contributed by atoms with van der Waals surface area (Å²) in [5.74, 6) is -0.186. The lowest BCUT2D eigenvalue weighted by Gasteiger charge is -2.06. The molecule has 0 aliphatic carbocycles. The standard InChI is InChI=1S/C7H9N5O2S/c1-14-6(13)4-2-5(10-3-9-4)11-12-7(8)15/h2-3H,1H3,(H3,8,12,15)(H,9,10,11). The number of nitrogens with zero attached hydrogens (tertiary/aromatic N) is 2. The third kappa shape index (κ3) is 3.35. The summed E-state index contributed by atoms with van der Waals surface area (Å²) in [6.07, 6.45) is 1.22. The Morgan fingerprint density at radius 2 is 2.33 bits per heavy atom. The van der Waals surface area contributed by atoms with Crippen LogP contribution in [0.5, 0.6) is 0 Å². The van der Waals surface area contributed by atoms with Crippen molar-refractivity contribution in [1.29, 1.82) is 0 Å². The van der Waals surface area contributed by atoms with E-state index in [4.69, 9.17) is 5.73 Å². The zero-order valence-corrected chi connectivity index (χ0v) is 8.67. The molecule has 0 unspecified atom stereocenters. The van der Waals surface area contributed by atoms with Crippen molar-refractivity contribution in [2.45, 2.75) is 0 Å². The third-order valence-electron chi connectivity index (χ3n) is 1.38. The fourth-order valence-corrected chi connectivity index (χ4v) is 0.819. The predicted octanol–water partition coefficient (Wildman–Crippen LogP) is -0.577. The number of rotatable bonds is 3. The van der Waals surface area contributed by atoms with Crippen molar-refractivity contribution in [2.75, 3.05) is 12.5 Å². The normalized spacial score (nSPS) is 9.13. The number of aromatic nitrogens is 2. The van der Waals surface area contributed by atoms with Crippen molar-refractivity contribution in [1.82, 2.24) is 15.4 Å². The SMILES string of the molecule is COC(=O)c1cc(NNC(N)=S)ncn1. The summed E-state index contributed by atoms with van der Waals surface area (Å²) in [4.78, 5) is 18.6. The summed E-state index contributed by atoms with van der Waals surface area (Å²) in [5.41, 5.74) is 10.4. The van der Waals surface area contributed by atoms with Crippen LogP contribution >= 0.6 is 12.2 Å². The maximum Gasteiger partial charge on any atom is 0.356 e. The van der Waals surface area contributed by atoms with Crippen LogP contribution in [-0.4, -0.2) is 28.2 Å². The van der Waals surface area contributed by atoms with Gasteiger partial charge in [0.1, 0.15) is 12.1 Å². The highest BCUT2D eigenvalue weighted by atomic mass is 32.1. The van der Waals surface area contributed by atoms with Crippen molar-refractivity contribution >= 4 is 29.1 Å². The van der Waals surface area contributed by atoms with Gasteiger partial charge in [0, 0.05) is 6.07 Å². The molecule has 1 aromatic heterocycles. The van der Waals surface area contributed by atoms with Gasteiger partial charge in [0.15, 0.2) is 10.8 Å². The zero-order valence-electron chi connectivity index (χ0n) is 7.85. The zero-order chi connectivity index (χ0) is 11.3. The lowest BCUT2D eigenvalue weighted by Crippen LogP contribution is -2.34. The Labute approximate surface area is 91.0 Å². The number of carbonyl (C=O) groups excluding carboxylic acids is 1. The number of carbonyl (C=O) groups is 1. The number of thiocarbonyl (C=S) groups is 1. The van der Waals surface area contributed by atoms with Gasteiger partial charge in [-0.2, -0.15) is 0 Å². The molecule has 0 spiro atoms. The molecule has 15 heavy (non-hydrogen) atoms. The van der Waals surface area contributed by atoms with E-state index in [0.29, 0.717) is 5.82 Å². The number of hydrogen-bond acceptors (Lipinski definition) is 6. The number of nitrogens with one attached hydrogen (secondary N) is 2. The van der Waals surface area contributed by atoms with Crippen LogP contribution in [0.2, 0.25) is 0 Å². The van der Waals surface area contributed by atoms with Gasteiger partial charge in [-0.1, -0.05) is 0 Å². The molecule has 8 heteroatoms. The summed E-state index contributed by atoms with van der Waals surface area (Å²) in [6.45, 7) is 0. The van der Waals surface area contributed by atoms with Gasteiger partial charge in [-0.05, 0) is 12.2 Å². The van der Waals surface area contributed by atoms with Crippen LogP contribution < -0.4 is 16.6 Å². The smallest absolute Gasteiger partial charge is 0.356 e. The van der Waals surface area contributed by atoms with Crippen LogP contribution in [0.25, 0.3) is 0 Å². The molecule has 1 aromatic rings. The summed E-state index contributed by atoms with van der Waals surface area (Å²) in [6, 6.07) is 1.40. The van der Waals surface area contributed by atoms with E-state index in [-0.39, 0.29) is 10.8 Å². The molecule has 0 saturated heterocycles. The van der Waals surface area contributed by atoms with Crippen molar-refractivity contribution in [3.05, 3.63) is 18.1 Å². The number of methoxy groups -OCH3 is 1. The highest BCUT2D eigenvalue weighted by Crippen LogP contribution is 2.03. The molecule has 0 radical (unpaired) electrons. The Morgan fingerprint density at radius 1 is 1.60 bits per heavy atom. The van der Waals surface area contributed by atoms with E-state index >= 15 is 0 Å². The Kier molecular flexibility index (Phi) is 3.75. The summed E-state index contributed by atoms with van der Waals surface area (Å²) in [7, 11) is 1.27. The Morgan fingerprint density at radius 3 is 2.93 bits per heavy atom. The van der Waals surface area contributed by atoms with Gasteiger partial charge in [-0.25, -0.2) is 14.8 Å². The van der Waals surface area contributed by atoms with E-state index in [2.05, 4.69) is 37.8 Å². The van der Waals surface area contributed by atoms with Gasteiger partial charge in [-0.15, -0.1) is 0 Å². The molecule has 4 N–H and O–H groups in total. The second-order valence-electron chi connectivity index (χ2n) is 2.39. The van der Waals surface area contributed by atoms with Gasteiger partial charge in [-0.3, -0.25) is 10.9 Å². The topological polar surface area (TPSA) is 102 Å². The number of ether oxygens (including phenoxy) is 1. The quantitative estimate of drug-likeness (QED) is 0.358. The maximum atomic E-state index is 11.1. The monoisotopic (exact) mass is 227 g/mol. The lowest BCUT2D eigenvalue weighted by atomic mass is 10.4. The minimum absolute atomic E-state index is 0.0632. The Hall–Kier alpha value is -1.96. The van der Waals surface area contributed by atoms with Gasteiger partial charge in [0.2, 0.25) is 0 Å². The first-order chi connectivity index (χ1) is 7.13. The molecule has 0 bridgehead atoms. The molecule has 0 amide bonds. The average molecular weight is 227 g/mol. The van der Waals surface area contributed by atoms with Crippen molar-refractivity contribution in [3.8, 4) is 0 Å². The summed E-state index contributed by atoms with van der Waals surface area (Å²) < 4.78 is 4.49. The average Bonchev–Trinajstić information content (AvgIpc) is 2.25. The minimum atomic E-state index is -0.546. The van der Waals surface area contributed by atoms with E-state index in [1.54, 1.807) is 0 Å². The van der Waals surface area contributed by atoms with Crippen LogP contribution in [0.15, 0.2) is 12.4 Å². The van der Waals surface area contributed by atoms with E-state index < -0.39 is 5.97 Å². The molecule has 1 heterocycles. The highest BCUT2D eigenvalue weighted by Gasteiger charge is 2.07. The van der Waals surface area contributed by atoms with Crippen LogP contribution in [0.3, 0.4) is 0 Å². The van der Waals surface area contributed by atoms with Gasteiger partial charge < -0.3 is 10.5 Å². The molecule has 1 rings (SSSR count). The molecule has 0 aliphatic heterocycles. The molecule has 0 atom stereocenters. The van der Waals surface area contributed by atoms with Crippen LogP contribution in [-0.2, 0) is 4.74 Å². The third-order valence-corrected chi connectivity index (χ3v) is 1.48. The molecular formula is C7H9N5O2S. The fraction of sp³-hybridized carbons (Fsp3) is 0.143. The van der Waals surface area contributed by atoms with Gasteiger partial charge >= 0.3 is 5.97 Å². The van der Waals surface area contributed by atoms with E-state index in [1.165, 1.54) is 19.5 Å². The summed E-state index contributed by atoms with van der Waals surface area (Å²) >= 11 is 4.57. The molecule has 0 fully saturated rings. The maximum absolute atomic E-state index is 11.1. The first-order valence-corrected chi connectivity index (χ1v) is 4.26. The summed E-state index contributed by atoms with van der Waals surface area (Å²) in [5, 5.41) is 0.0632. The van der Waals surface area contributed by atoms with Gasteiger partial charge in [0.05, 0.1) is 7.11 Å². The lowest BCUT2D eigenvalue weighted by molar-refractivity contribution is 0.0594. The Bertz CT molecular complexity index is 383. The Balaban J connectivity index is 2.74. The van der Waals surface area contributed by atoms with Gasteiger partial charge in [0.25, 0.3) is 0 Å². The predicted molar refractivity (Wildman–Crippen MR) is 56.9 cm³/mol. The van der Waals surface area contributed by atoms with E-state index in [0.717, 1.165) is 0 Å². The van der Waals surface area contributed by atoms with Crippen LogP contribution in [0.1, 0.15) is 10.5 Å². The first-order valence-electron chi connectivity index (χ1n) is 3.85. The second-order valence-corrected chi connectivity index (χ2v) is 2.83. The molecular weight excluding hydrogens is 218 g/mol. The van der Waals surface area contributed by atoms with E-state index in [1.807, 2.05) is 0 Å². The van der Waals surface area contributed by atoms with Crippen molar-refractivity contribution < 1.29 is 9.53 Å². The molecule has 80 valence electrons.